The van der Waals surface area contributed by atoms with Gasteiger partial charge in [-0.25, -0.2) is 0 Å². The van der Waals surface area contributed by atoms with E-state index in [1.54, 1.807) is 10.6 Å². The molecule has 0 aliphatic carbocycles. The summed E-state index contributed by atoms with van der Waals surface area (Å²) in [6, 6.07) is 3.50. The van der Waals surface area contributed by atoms with E-state index in [9.17, 15) is 9.59 Å². The third-order valence-electron chi connectivity index (χ3n) is 2.50. The van der Waals surface area contributed by atoms with E-state index in [1.165, 1.54) is 6.92 Å². The molecule has 0 aliphatic heterocycles. The van der Waals surface area contributed by atoms with Crippen molar-refractivity contribution in [3.8, 4) is 0 Å². The number of ketones is 1. The molecular weight excluding hydrogens is 190 g/mol. The Bertz CT molecular complexity index is 430. The van der Waals surface area contributed by atoms with Gasteiger partial charge < -0.3 is 4.57 Å². The van der Waals surface area contributed by atoms with E-state index in [-0.39, 0.29) is 16.9 Å². The number of nitrogens with zero attached hydrogens (tertiary/aromatic N) is 1. The van der Waals surface area contributed by atoms with Gasteiger partial charge in [-0.1, -0.05) is 13.8 Å². The second-order valence-electron chi connectivity index (χ2n) is 3.93. The molecule has 3 nitrogen and oxygen atoms in total. The van der Waals surface area contributed by atoms with Crippen molar-refractivity contribution in [3.63, 3.8) is 0 Å². The summed E-state index contributed by atoms with van der Waals surface area (Å²) in [6.07, 6.45) is 0. The predicted octanol–water partition coefficient (Wildman–Crippen LogP) is 2.19. The molecule has 3 heteroatoms. The molecule has 0 fully saturated rings. The van der Waals surface area contributed by atoms with Crippen molar-refractivity contribution in [1.82, 2.24) is 4.57 Å². The smallest absolute Gasteiger partial charge is 0.261 e. The maximum Gasteiger partial charge on any atom is 0.261 e. The van der Waals surface area contributed by atoms with E-state index >= 15 is 0 Å². The summed E-state index contributed by atoms with van der Waals surface area (Å²) in [7, 11) is 0. The number of pyridine rings is 1. The van der Waals surface area contributed by atoms with Gasteiger partial charge in [0.15, 0.2) is 5.78 Å². The molecule has 0 aromatic carbocycles. The van der Waals surface area contributed by atoms with Crippen molar-refractivity contribution < 1.29 is 4.79 Å². The van der Waals surface area contributed by atoms with Gasteiger partial charge in [-0.3, -0.25) is 9.59 Å². The lowest BCUT2D eigenvalue weighted by atomic mass is 10.1. The van der Waals surface area contributed by atoms with E-state index < -0.39 is 0 Å². The van der Waals surface area contributed by atoms with Crippen LogP contribution in [0.15, 0.2) is 16.9 Å². The van der Waals surface area contributed by atoms with Gasteiger partial charge in [-0.05, 0) is 31.9 Å². The van der Waals surface area contributed by atoms with E-state index in [0.29, 0.717) is 12.5 Å². The van der Waals surface area contributed by atoms with Crippen molar-refractivity contribution in [2.75, 3.05) is 0 Å². The molecule has 0 saturated carbocycles. The minimum atomic E-state index is -0.170. The molecule has 0 N–H and O–H groups in total. The standard InChI is InChI=1S/C12H17NO2/c1-5-13-11(8(2)3)7-6-10(9(4)14)12(13)15/h6-8H,5H2,1-4H3. The maximum atomic E-state index is 11.9. The first-order chi connectivity index (χ1) is 6.99. The molecule has 0 saturated heterocycles. The van der Waals surface area contributed by atoms with Gasteiger partial charge in [0, 0.05) is 12.2 Å². The molecule has 0 atom stereocenters. The molecule has 0 bridgehead atoms. The Hall–Kier alpha value is -1.38. The summed E-state index contributed by atoms with van der Waals surface area (Å²) in [5.41, 5.74) is 1.09. The van der Waals surface area contributed by atoms with Crippen molar-refractivity contribution >= 4 is 5.78 Å². The van der Waals surface area contributed by atoms with Crippen LogP contribution >= 0.6 is 0 Å². The van der Waals surface area contributed by atoms with Gasteiger partial charge in [-0.2, -0.15) is 0 Å². The Balaban J connectivity index is 3.46. The quantitative estimate of drug-likeness (QED) is 0.713. The highest BCUT2D eigenvalue weighted by Gasteiger charge is 2.12. The molecule has 1 heterocycles. The number of Topliss-reactive ketones (excluding diaryl/α,β-unsaturated/α-hetero) is 1. The zero-order chi connectivity index (χ0) is 11.6. The lowest BCUT2D eigenvalue weighted by molar-refractivity contribution is 0.101. The first kappa shape index (κ1) is 11.7. The molecular formula is C12H17NO2. The van der Waals surface area contributed by atoms with Gasteiger partial charge in [0.2, 0.25) is 0 Å². The van der Waals surface area contributed by atoms with Crippen LogP contribution in [-0.2, 0) is 6.54 Å². The summed E-state index contributed by atoms with van der Waals surface area (Å²) >= 11 is 0. The highest BCUT2D eigenvalue weighted by Crippen LogP contribution is 2.12. The fourth-order valence-electron chi connectivity index (χ4n) is 1.69. The lowest BCUT2D eigenvalue weighted by Crippen LogP contribution is -2.28. The van der Waals surface area contributed by atoms with Crippen LogP contribution in [0.3, 0.4) is 0 Å². The van der Waals surface area contributed by atoms with Crippen LogP contribution in [-0.4, -0.2) is 10.4 Å². The van der Waals surface area contributed by atoms with Crippen LogP contribution in [0.1, 0.15) is 49.7 Å². The van der Waals surface area contributed by atoms with Crippen molar-refractivity contribution in [3.05, 3.63) is 33.7 Å². The Kier molecular flexibility index (Phi) is 3.45. The lowest BCUT2D eigenvalue weighted by Gasteiger charge is -2.14. The molecule has 0 unspecified atom stereocenters. The summed E-state index contributed by atoms with van der Waals surface area (Å²) in [4.78, 5) is 23.1. The van der Waals surface area contributed by atoms with Gasteiger partial charge in [0.1, 0.15) is 0 Å². The van der Waals surface area contributed by atoms with Crippen LogP contribution in [0.25, 0.3) is 0 Å². The predicted molar refractivity (Wildman–Crippen MR) is 60.5 cm³/mol. The molecule has 0 aliphatic rings. The van der Waals surface area contributed by atoms with Crippen molar-refractivity contribution in [2.24, 2.45) is 0 Å². The van der Waals surface area contributed by atoms with Crippen molar-refractivity contribution in [2.45, 2.75) is 40.2 Å². The van der Waals surface area contributed by atoms with E-state index in [2.05, 4.69) is 0 Å². The number of hydrogen-bond acceptors (Lipinski definition) is 2. The Morgan fingerprint density at radius 2 is 2.00 bits per heavy atom. The van der Waals surface area contributed by atoms with Crippen LogP contribution < -0.4 is 5.56 Å². The molecule has 1 aromatic rings. The van der Waals surface area contributed by atoms with Gasteiger partial charge in [0.05, 0.1) is 5.56 Å². The largest absolute Gasteiger partial charge is 0.312 e. The first-order valence-corrected chi connectivity index (χ1v) is 5.23. The zero-order valence-electron chi connectivity index (χ0n) is 9.70. The second-order valence-corrected chi connectivity index (χ2v) is 3.93. The Morgan fingerprint density at radius 1 is 1.40 bits per heavy atom. The minimum absolute atomic E-state index is 0.169. The van der Waals surface area contributed by atoms with Gasteiger partial charge in [0.25, 0.3) is 5.56 Å². The molecule has 82 valence electrons. The molecule has 1 aromatic heterocycles. The normalized spacial score (nSPS) is 10.7. The SMILES string of the molecule is CCn1c(C(C)C)ccc(C(C)=O)c1=O. The summed E-state index contributed by atoms with van der Waals surface area (Å²) in [5, 5.41) is 0. The molecule has 0 spiro atoms. The fourth-order valence-corrected chi connectivity index (χ4v) is 1.69. The van der Waals surface area contributed by atoms with E-state index in [1.807, 2.05) is 26.8 Å². The molecule has 1 rings (SSSR count). The molecule has 0 amide bonds. The monoisotopic (exact) mass is 207 g/mol. The highest BCUT2D eigenvalue weighted by molar-refractivity contribution is 5.93. The minimum Gasteiger partial charge on any atom is -0.312 e. The third-order valence-corrected chi connectivity index (χ3v) is 2.50. The Morgan fingerprint density at radius 3 is 2.40 bits per heavy atom. The van der Waals surface area contributed by atoms with Gasteiger partial charge >= 0.3 is 0 Å². The van der Waals surface area contributed by atoms with Gasteiger partial charge in [-0.15, -0.1) is 0 Å². The van der Waals surface area contributed by atoms with Crippen LogP contribution in [0.2, 0.25) is 0 Å². The molecule has 15 heavy (non-hydrogen) atoms. The van der Waals surface area contributed by atoms with Crippen LogP contribution in [0.5, 0.6) is 0 Å². The number of carbonyl (C=O) groups excluding carboxylic acids is 1. The summed E-state index contributed by atoms with van der Waals surface area (Å²) in [6.45, 7) is 8.01. The maximum absolute atomic E-state index is 11.9. The number of carbonyl (C=O) groups is 1. The number of rotatable bonds is 3. The topological polar surface area (TPSA) is 39.1 Å². The number of aromatic nitrogens is 1. The molecule has 0 radical (unpaired) electrons. The van der Waals surface area contributed by atoms with Crippen LogP contribution in [0.4, 0.5) is 0 Å². The Labute approximate surface area is 89.7 Å². The fraction of sp³-hybridized carbons (Fsp3) is 0.500. The average Bonchev–Trinajstić information content (AvgIpc) is 2.16. The third kappa shape index (κ3) is 2.17. The average molecular weight is 207 g/mol. The zero-order valence-corrected chi connectivity index (χ0v) is 9.70. The van der Waals surface area contributed by atoms with Crippen molar-refractivity contribution in [1.29, 1.82) is 0 Å². The second kappa shape index (κ2) is 4.43. The summed E-state index contributed by atoms with van der Waals surface area (Å²) < 4.78 is 1.67. The van der Waals surface area contributed by atoms with Crippen LogP contribution in [0, 0.1) is 0 Å². The first-order valence-electron chi connectivity index (χ1n) is 5.23. The highest BCUT2D eigenvalue weighted by atomic mass is 16.1. The summed E-state index contributed by atoms with van der Waals surface area (Å²) in [5.74, 6) is 0.121. The van der Waals surface area contributed by atoms with E-state index in [4.69, 9.17) is 0 Å². The number of hydrogen-bond donors (Lipinski definition) is 0. The van der Waals surface area contributed by atoms with E-state index in [0.717, 1.165) is 5.69 Å².